The van der Waals surface area contributed by atoms with Crippen LogP contribution in [0.5, 0.6) is 0 Å². The van der Waals surface area contributed by atoms with Crippen molar-refractivity contribution in [2.45, 2.75) is 10.9 Å². The van der Waals surface area contributed by atoms with Gasteiger partial charge in [-0.05, 0) is 30.3 Å². The zero-order valence-corrected chi connectivity index (χ0v) is 21.3. The third-order valence-corrected chi connectivity index (χ3v) is 9.62. The SMILES string of the molecule is O=C(Nc1csc(CN2CCN(S(=O)(=O)c3nc4ccc(Cl)cc4s3)CC2=O)n1)c1ccccc1. The molecule has 2 aromatic heterocycles. The molecule has 0 unspecified atom stereocenters. The van der Waals surface area contributed by atoms with E-state index < -0.39 is 10.0 Å². The number of anilines is 1. The van der Waals surface area contributed by atoms with Gasteiger partial charge in [0.1, 0.15) is 10.8 Å². The van der Waals surface area contributed by atoms with E-state index in [0.717, 1.165) is 15.6 Å². The van der Waals surface area contributed by atoms with Crippen LogP contribution >= 0.6 is 34.3 Å². The molecule has 0 radical (unpaired) electrons. The van der Waals surface area contributed by atoms with Crippen LogP contribution in [0, 0.1) is 0 Å². The minimum Gasteiger partial charge on any atom is -0.333 e. The molecule has 2 aromatic carbocycles. The van der Waals surface area contributed by atoms with Crippen LogP contribution in [0.15, 0.2) is 58.3 Å². The average Bonchev–Trinajstić information content (AvgIpc) is 3.47. The summed E-state index contributed by atoms with van der Waals surface area (Å²) in [6.45, 7) is 0.327. The zero-order valence-electron chi connectivity index (χ0n) is 18.0. The van der Waals surface area contributed by atoms with Crippen LogP contribution in [0.25, 0.3) is 10.2 Å². The molecule has 1 aliphatic heterocycles. The Bertz CT molecular complexity index is 1520. The van der Waals surface area contributed by atoms with E-state index in [2.05, 4.69) is 15.3 Å². The van der Waals surface area contributed by atoms with Crippen LogP contribution in [0.4, 0.5) is 5.82 Å². The number of nitrogens with one attached hydrogen (secondary N) is 1. The van der Waals surface area contributed by atoms with Crippen molar-refractivity contribution < 1.29 is 18.0 Å². The summed E-state index contributed by atoms with van der Waals surface area (Å²) in [4.78, 5) is 35.2. The monoisotopic (exact) mass is 547 g/mol. The van der Waals surface area contributed by atoms with Gasteiger partial charge in [0.15, 0.2) is 0 Å². The maximum absolute atomic E-state index is 13.1. The molecule has 180 valence electrons. The first-order valence-corrected chi connectivity index (χ1v) is 14.0. The van der Waals surface area contributed by atoms with Crippen LogP contribution < -0.4 is 5.32 Å². The molecule has 0 aliphatic carbocycles. The summed E-state index contributed by atoms with van der Waals surface area (Å²) < 4.78 is 27.9. The van der Waals surface area contributed by atoms with Gasteiger partial charge >= 0.3 is 0 Å². The Morgan fingerprint density at radius 2 is 1.91 bits per heavy atom. The van der Waals surface area contributed by atoms with Gasteiger partial charge < -0.3 is 10.2 Å². The highest BCUT2D eigenvalue weighted by Gasteiger charge is 2.35. The molecule has 1 fully saturated rings. The molecule has 1 aliphatic rings. The van der Waals surface area contributed by atoms with Crippen molar-refractivity contribution in [3.63, 3.8) is 0 Å². The normalized spacial score (nSPS) is 15.0. The van der Waals surface area contributed by atoms with Crippen molar-refractivity contribution in [2.24, 2.45) is 0 Å². The Hall–Kier alpha value is -2.90. The van der Waals surface area contributed by atoms with Crippen molar-refractivity contribution in [2.75, 3.05) is 25.0 Å². The van der Waals surface area contributed by atoms with Gasteiger partial charge in [-0.25, -0.2) is 18.4 Å². The molecular weight excluding hydrogens is 530 g/mol. The first-order valence-electron chi connectivity index (χ1n) is 10.4. The number of halogens is 1. The smallest absolute Gasteiger partial charge is 0.270 e. The van der Waals surface area contributed by atoms with Crippen LogP contribution in [-0.2, 0) is 21.4 Å². The number of amides is 2. The fourth-order valence-corrected chi connectivity index (χ4v) is 7.30. The Morgan fingerprint density at radius 1 is 1.11 bits per heavy atom. The predicted molar refractivity (Wildman–Crippen MR) is 135 cm³/mol. The summed E-state index contributed by atoms with van der Waals surface area (Å²) in [5, 5.41) is 5.59. The van der Waals surface area contributed by atoms with Crippen LogP contribution in [0.1, 0.15) is 15.4 Å². The van der Waals surface area contributed by atoms with Gasteiger partial charge in [0.2, 0.25) is 10.2 Å². The molecule has 4 aromatic rings. The minimum atomic E-state index is -3.91. The third kappa shape index (κ3) is 5.07. The number of aromatic nitrogens is 2. The average molecular weight is 548 g/mol. The number of fused-ring (bicyclic) bond motifs is 1. The topological polar surface area (TPSA) is 113 Å². The number of benzene rings is 2. The van der Waals surface area contributed by atoms with Crippen molar-refractivity contribution in [1.82, 2.24) is 19.2 Å². The summed E-state index contributed by atoms with van der Waals surface area (Å²) in [5.74, 6) is -0.188. The van der Waals surface area contributed by atoms with Gasteiger partial charge in [-0.15, -0.1) is 22.7 Å². The molecule has 0 bridgehead atoms. The van der Waals surface area contributed by atoms with E-state index in [1.165, 1.54) is 11.3 Å². The summed E-state index contributed by atoms with van der Waals surface area (Å²) in [6, 6.07) is 13.8. The fourth-order valence-electron chi connectivity index (χ4n) is 3.54. The second-order valence-corrected chi connectivity index (χ2v) is 12.2. The van der Waals surface area contributed by atoms with Crippen LogP contribution in [0.3, 0.4) is 0 Å². The first kappa shape index (κ1) is 23.8. The van der Waals surface area contributed by atoms with Crippen molar-refractivity contribution in [3.8, 4) is 0 Å². The molecule has 0 saturated carbocycles. The third-order valence-electron chi connectivity index (χ3n) is 5.33. The number of hydrogen-bond donors (Lipinski definition) is 1. The molecule has 13 heteroatoms. The van der Waals surface area contributed by atoms with Crippen molar-refractivity contribution in [3.05, 3.63) is 69.5 Å². The molecule has 3 heterocycles. The first-order chi connectivity index (χ1) is 16.8. The van der Waals surface area contributed by atoms with E-state index in [4.69, 9.17) is 11.6 Å². The number of nitrogens with zero attached hydrogens (tertiary/aromatic N) is 4. The molecule has 35 heavy (non-hydrogen) atoms. The number of sulfonamides is 1. The van der Waals surface area contributed by atoms with Gasteiger partial charge in [-0.2, -0.15) is 4.31 Å². The Balaban J connectivity index is 1.22. The van der Waals surface area contributed by atoms with Gasteiger partial charge in [0.25, 0.3) is 15.9 Å². The summed E-state index contributed by atoms with van der Waals surface area (Å²) >= 11 is 8.34. The van der Waals surface area contributed by atoms with E-state index in [9.17, 15) is 18.0 Å². The van der Waals surface area contributed by atoms with Gasteiger partial charge in [0, 0.05) is 29.1 Å². The maximum atomic E-state index is 13.1. The molecule has 9 nitrogen and oxygen atoms in total. The molecule has 5 rings (SSSR count). The summed E-state index contributed by atoms with van der Waals surface area (Å²) in [5.41, 5.74) is 1.06. The highest BCUT2D eigenvalue weighted by molar-refractivity contribution is 7.91. The highest BCUT2D eigenvalue weighted by Crippen LogP contribution is 2.30. The molecular formula is C22H18ClN5O4S3. The standard InChI is InChI=1S/C22H18ClN5O4S3/c23-15-6-7-16-17(10-15)34-22(24-16)35(31,32)28-9-8-27(20(29)12-28)11-19-25-18(13-33-19)26-21(30)14-4-2-1-3-5-14/h1-7,10,13H,8-9,11-12H2,(H,26,30). The lowest BCUT2D eigenvalue weighted by Gasteiger charge is -2.32. The summed E-state index contributed by atoms with van der Waals surface area (Å²) in [7, 11) is -3.91. The Kier molecular flexibility index (Phi) is 6.55. The van der Waals surface area contributed by atoms with Crippen LogP contribution in [0.2, 0.25) is 5.02 Å². The number of rotatable bonds is 6. The van der Waals surface area contributed by atoms with Crippen molar-refractivity contribution >= 4 is 72.1 Å². The zero-order chi connectivity index (χ0) is 24.6. The number of carbonyl (C=O) groups is 2. The van der Waals surface area contributed by atoms with E-state index in [1.807, 2.05) is 6.07 Å². The van der Waals surface area contributed by atoms with E-state index in [-0.39, 0.29) is 42.3 Å². The molecule has 1 N–H and O–H groups in total. The second-order valence-electron chi connectivity index (χ2n) is 7.69. The fraction of sp³-hybridized carbons (Fsp3) is 0.182. The number of thiazole rings is 2. The molecule has 2 amide bonds. The quantitative estimate of drug-likeness (QED) is 0.394. The molecule has 1 saturated heterocycles. The number of piperazine rings is 1. The van der Waals surface area contributed by atoms with Gasteiger partial charge in [0.05, 0.1) is 23.3 Å². The van der Waals surface area contributed by atoms with E-state index in [0.29, 0.717) is 31.6 Å². The lowest BCUT2D eigenvalue weighted by Crippen LogP contribution is -2.51. The molecule has 0 atom stereocenters. The predicted octanol–water partition coefficient (Wildman–Crippen LogP) is 3.69. The molecule has 0 spiro atoms. The second kappa shape index (κ2) is 9.63. The van der Waals surface area contributed by atoms with E-state index in [1.54, 1.807) is 52.7 Å². The minimum absolute atomic E-state index is 0.0604. The lowest BCUT2D eigenvalue weighted by molar-refractivity contribution is -0.134. The van der Waals surface area contributed by atoms with Crippen LogP contribution in [-0.4, -0.2) is 59.0 Å². The highest BCUT2D eigenvalue weighted by atomic mass is 35.5. The van der Waals surface area contributed by atoms with Crippen molar-refractivity contribution in [1.29, 1.82) is 0 Å². The van der Waals surface area contributed by atoms with E-state index >= 15 is 0 Å². The van der Waals surface area contributed by atoms with Gasteiger partial charge in [-0.3, -0.25) is 9.59 Å². The number of carbonyl (C=O) groups excluding carboxylic acids is 2. The maximum Gasteiger partial charge on any atom is 0.270 e. The van der Waals surface area contributed by atoms with Gasteiger partial charge in [-0.1, -0.05) is 29.8 Å². The number of hydrogen-bond acceptors (Lipinski definition) is 8. The Morgan fingerprint density at radius 3 is 2.69 bits per heavy atom. The Labute approximate surface area is 214 Å². The lowest BCUT2D eigenvalue weighted by atomic mass is 10.2. The summed E-state index contributed by atoms with van der Waals surface area (Å²) in [6.07, 6.45) is 0. The largest absolute Gasteiger partial charge is 0.333 e.